The lowest BCUT2D eigenvalue weighted by atomic mass is 10.2. The minimum Gasteiger partial charge on any atom is -0.340 e. The molecule has 0 unspecified atom stereocenters. The summed E-state index contributed by atoms with van der Waals surface area (Å²) >= 11 is 0. The number of fused-ring (bicyclic) bond motifs is 1. The summed E-state index contributed by atoms with van der Waals surface area (Å²) in [6.07, 6.45) is 5.18. The molecule has 114 valence electrons. The molecule has 7 nitrogen and oxygen atoms in total. The molecule has 1 aromatic carbocycles. The Morgan fingerprint density at radius 1 is 1.09 bits per heavy atom. The summed E-state index contributed by atoms with van der Waals surface area (Å²) in [5, 5.41) is 19.2. The minimum absolute atomic E-state index is 0.752. The number of anilines is 2. The van der Waals surface area contributed by atoms with Crippen LogP contribution in [0.1, 0.15) is 11.3 Å². The van der Waals surface area contributed by atoms with E-state index in [0.717, 1.165) is 34.6 Å². The van der Waals surface area contributed by atoms with Crippen LogP contribution in [0.3, 0.4) is 0 Å². The first-order valence-corrected chi connectivity index (χ1v) is 7.27. The van der Waals surface area contributed by atoms with E-state index in [1.807, 2.05) is 29.7 Å². The number of pyridine rings is 1. The molecule has 0 saturated carbocycles. The predicted octanol–water partition coefficient (Wildman–Crippen LogP) is 2.65. The van der Waals surface area contributed by atoms with Crippen molar-refractivity contribution in [3.63, 3.8) is 0 Å². The third-order valence-corrected chi connectivity index (χ3v) is 3.71. The average molecular weight is 305 g/mol. The molecule has 3 heterocycles. The third kappa shape index (κ3) is 2.64. The van der Waals surface area contributed by atoms with Crippen LogP contribution in [-0.2, 0) is 6.54 Å². The zero-order valence-corrected chi connectivity index (χ0v) is 12.6. The third-order valence-electron chi connectivity index (χ3n) is 3.71. The van der Waals surface area contributed by atoms with Gasteiger partial charge in [-0.15, -0.1) is 10.2 Å². The maximum absolute atomic E-state index is 4.43. The van der Waals surface area contributed by atoms with Crippen molar-refractivity contribution in [3.8, 4) is 0 Å². The van der Waals surface area contributed by atoms with Crippen LogP contribution in [0, 0.1) is 6.92 Å². The van der Waals surface area contributed by atoms with Gasteiger partial charge in [-0.25, -0.2) is 4.98 Å². The molecule has 0 bridgehead atoms. The van der Waals surface area contributed by atoms with Crippen LogP contribution in [0.25, 0.3) is 10.9 Å². The van der Waals surface area contributed by atoms with Crippen molar-refractivity contribution in [3.05, 3.63) is 60.4 Å². The van der Waals surface area contributed by atoms with E-state index in [9.17, 15) is 0 Å². The lowest BCUT2D eigenvalue weighted by Crippen LogP contribution is -1.98. The van der Waals surface area contributed by atoms with Crippen LogP contribution in [0.5, 0.6) is 0 Å². The molecule has 0 aliphatic heterocycles. The number of benzene rings is 1. The van der Waals surface area contributed by atoms with Gasteiger partial charge in [0, 0.05) is 18.4 Å². The molecular weight excluding hydrogens is 290 g/mol. The topological polar surface area (TPSA) is 84.3 Å². The predicted molar refractivity (Wildman–Crippen MR) is 87.5 cm³/mol. The molecule has 0 spiro atoms. The summed E-state index contributed by atoms with van der Waals surface area (Å²) < 4.78 is 1.93. The van der Waals surface area contributed by atoms with Gasteiger partial charge >= 0.3 is 0 Å². The maximum atomic E-state index is 4.43. The van der Waals surface area contributed by atoms with Crippen molar-refractivity contribution in [2.45, 2.75) is 13.5 Å². The smallest absolute Gasteiger partial charge is 0.141 e. The highest BCUT2D eigenvalue weighted by atomic mass is 15.2. The average Bonchev–Trinajstić information content (AvgIpc) is 3.20. The molecular formula is C16H15N7. The minimum atomic E-state index is 0.752. The number of rotatable bonds is 4. The Bertz CT molecular complexity index is 923. The Kier molecular flexibility index (Phi) is 3.23. The van der Waals surface area contributed by atoms with E-state index in [0.29, 0.717) is 0 Å². The number of aromatic nitrogens is 6. The van der Waals surface area contributed by atoms with Crippen molar-refractivity contribution < 1.29 is 0 Å². The van der Waals surface area contributed by atoms with Gasteiger partial charge < -0.3 is 9.88 Å². The molecule has 0 radical (unpaired) electrons. The summed E-state index contributed by atoms with van der Waals surface area (Å²) in [5.74, 6) is 0.806. The van der Waals surface area contributed by atoms with E-state index in [4.69, 9.17) is 0 Å². The van der Waals surface area contributed by atoms with Gasteiger partial charge in [0.2, 0.25) is 0 Å². The number of nitrogens with zero attached hydrogens (tertiary/aromatic N) is 5. The van der Waals surface area contributed by atoms with Crippen LogP contribution < -0.4 is 5.32 Å². The van der Waals surface area contributed by atoms with Crippen molar-refractivity contribution in [2.75, 3.05) is 5.32 Å². The fraction of sp³-hybridized carbons (Fsp3) is 0.125. The molecule has 7 heteroatoms. The fourth-order valence-corrected chi connectivity index (χ4v) is 2.56. The first-order chi connectivity index (χ1) is 11.3. The van der Waals surface area contributed by atoms with E-state index < -0.39 is 0 Å². The summed E-state index contributed by atoms with van der Waals surface area (Å²) in [6.45, 7) is 2.72. The van der Waals surface area contributed by atoms with Crippen LogP contribution >= 0.6 is 0 Å². The standard InChI is InChI=1S/C16H15N7/c1-11-15-14(22-21-11)6-7-17-16(15)20-13-4-2-12(3-5-13)8-23-9-18-19-10-23/h2-7,9-10H,8H2,1H3,(H,17,20)(H,21,22). The molecule has 0 saturated heterocycles. The molecule has 4 aromatic rings. The van der Waals surface area contributed by atoms with Gasteiger partial charge in [0.25, 0.3) is 0 Å². The molecule has 2 N–H and O–H groups in total. The second-order valence-corrected chi connectivity index (χ2v) is 5.35. The van der Waals surface area contributed by atoms with Crippen molar-refractivity contribution in [1.29, 1.82) is 0 Å². The molecule has 0 aliphatic carbocycles. The van der Waals surface area contributed by atoms with Gasteiger partial charge in [0.1, 0.15) is 18.5 Å². The first-order valence-electron chi connectivity index (χ1n) is 7.27. The normalized spacial score (nSPS) is 11.0. The number of hydrogen-bond acceptors (Lipinski definition) is 5. The number of H-pyrrole nitrogens is 1. The Morgan fingerprint density at radius 2 is 1.87 bits per heavy atom. The van der Waals surface area contributed by atoms with E-state index in [-0.39, 0.29) is 0 Å². The van der Waals surface area contributed by atoms with Crippen molar-refractivity contribution >= 4 is 22.4 Å². The monoisotopic (exact) mass is 305 g/mol. The molecule has 4 rings (SSSR count). The fourth-order valence-electron chi connectivity index (χ4n) is 2.56. The summed E-state index contributed by atoms with van der Waals surface area (Å²) in [5.41, 5.74) is 4.07. The lowest BCUT2D eigenvalue weighted by Gasteiger charge is -2.08. The molecule has 0 fully saturated rings. The van der Waals surface area contributed by atoms with E-state index >= 15 is 0 Å². The van der Waals surface area contributed by atoms with E-state index in [1.165, 1.54) is 5.56 Å². The second-order valence-electron chi connectivity index (χ2n) is 5.35. The van der Waals surface area contributed by atoms with Crippen LogP contribution in [0.15, 0.2) is 49.2 Å². The molecule has 0 atom stereocenters. The highest BCUT2D eigenvalue weighted by Gasteiger charge is 2.08. The van der Waals surface area contributed by atoms with Gasteiger partial charge in [-0.2, -0.15) is 5.10 Å². The summed E-state index contributed by atoms with van der Waals surface area (Å²) in [7, 11) is 0. The highest BCUT2D eigenvalue weighted by Crippen LogP contribution is 2.25. The number of hydrogen-bond donors (Lipinski definition) is 2. The van der Waals surface area contributed by atoms with Gasteiger partial charge in [0.05, 0.1) is 16.6 Å². The van der Waals surface area contributed by atoms with Gasteiger partial charge in [-0.05, 0) is 30.7 Å². The Morgan fingerprint density at radius 3 is 2.65 bits per heavy atom. The van der Waals surface area contributed by atoms with Crippen LogP contribution in [0.2, 0.25) is 0 Å². The van der Waals surface area contributed by atoms with E-state index in [2.05, 4.69) is 42.8 Å². The zero-order valence-electron chi connectivity index (χ0n) is 12.6. The Balaban J connectivity index is 1.57. The van der Waals surface area contributed by atoms with Gasteiger partial charge in [-0.1, -0.05) is 12.1 Å². The molecule has 0 amide bonds. The summed E-state index contributed by atoms with van der Waals surface area (Å²) in [6, 6.07) is 10.1. The number of nitrogens with one attached hydrogen (secondary N) is 2. The number of aromatic amines is 1. The maximum Gasteiger partial charge on any atom is 0.141 e. The largest absolute Gasteiger partial charge is 0.340 e. The van der Waals surface area contributed by atoms with Crippen LogP contribution in [0.4, 0.5) is 11.5 Å². The Hall–Kier alpha value is -3.22. The van der Waals surface area contributed by atoms with Crippen molar-refractivity contribution in [1.82, 2.24) is 29.9 Å². The molecule has 3 aromatic heterocycles. The SMILES string of the molecule is Cc1n[nH]c2ccnc(Nc3ccc(Cn4cnnc4)cc3)c12. The second kappa shape index (κ2) is 5.53. The highest BCUT2D eigenvalue weighted by molar-refractivity contribution is 5.92. The van der Waals surface area contributed by atoms with Crippen molar-refractivity contribution in [2.24, 2.45) is 0 Å². The first kappa shape index (κ1) is 13.4. The lowest BCUT2D eigenvalue weighted by molar-refractivity contribution is 0.794. The van der Waals surface area contributed by atoms with Gasteiger partial charge in [-0.3, -0.25) is 5.10 Å². The molecule has 0 aliphatic rings. The summed E-state index contributed by atoms with van der Waals surface area (Å²) in [4.78, 5) is 4.43. The van der Waals surface area contributed by atoms with E-state index in [1.54, 1.807) is 18.9 Å². The number of aryl methyl sites for hydroxylation is 1. The molecule has 23 heavy (non-hydrogen) atoms. The Labute approximate surface area is 132 Å². The zero-order chi connectivity index (χ0) is 15.6. The van der Waals surface area contributed by atoms with Gasteiger partial charge in [0.15, 0.2) is 0 Å². The van der Waals surface area contributed by atoms with Crippen LogP contribution in [-0.4, -0.2) is 29.9 Å². The quantitative estimate of drug-likeness (QED) is 0.605.